The van der Waals surface area contributed by atoms with E-state index in [1.54, 1.807) is 6.20 Å². The van der Waals surface area contributed by atoms with Crippen molar-refractivity contribution in [3.05, 3.63) is 54.5 Å². The summed E-state index contributed by atoms with van der Waals surface area (Å²) in [6.45, 7) is 4.49. The highest BCUT2D eigenvalue weighted by Crippen LogP contribution is 2.33. The predicted molar refractivity (Wildman–Crippen MR) is 103 cm³/mol. The van der Waals surface area contributed by atoms with Crippen LogP contribution in [0, 0.1) is 0 Å². The summed E-state index contributed by atoms with van der Waals surface area (Å²) in [5, 5.41) is 8.04. The summed E-state index contributed by atoms with van der Waals surface area (Å²) >= 11 is 0. The average molecular weight is 347 g/mol. The lowest BCUT2D eigenvalue weighted by Crippen LogP contribution is -2.06. The summed E-state index contributed by atoms with van der Waals surface area (Å²) in [5.41, 5.74) is 11.8. The molecule has 4 rings (SSSR count). The van der Waals surface area contributed by atoms with Gasteiger partial charge < -0.3 is 15.5 Å². The molecule has 4 N–H and O–H groups in total. The number of fused-ring (bicyclic) bond motifs is 1. The Morgan fingerprint density at radius 3 is 2.77 bits per heavy atom. The van der Waals surface area contributed by atoms with Crippen LogP contribution in [0.1, 0.15) is 19.4 Å². The van der Waals surface area contributed by atoms with E-state index in [-0.39, 0.29) is 6.10 Å². The molecule has 0 aliphatic heterocycles. The number of benzene rings is 1. The van der Waals surface area contributed by atoms with E-state index in [9.17, 15) is 0 Å². The normalized spacial score (nSPS) is 11.4. The fraction of sp³-hybridized carbons (Fsp3) is 0.200. The maximum absolute atomic E-state index is 5.90. The summed E-state index contributed by atoms with van der Waals surface area (Å²) < 4.78 is 5.90. The predicted octanol–water partition coefficient (Wildman–Crippen LogP) is 3.87. The zero-order chi connectivity index (χ0) is 18.1. The Labute approximate surface area is 151 Å². The molecule has 0 atom stereocenters. The van der Waals surface area contributed by atoms with Crippen molar-refractivity contribution in [1.29, 1.82) is 0 Å². The number of pyridine rings is 1. The monoisotopic (exact) mass is 347 g/mol. The third kappa shape index (κ3) is 3.07. The number of aromatic nitrogens is 4. The highest BCUT2D eigenvalue weighted by atomic mass is 16.5. The third-order valence-electron chi connectivity index (χ3n) is 4.23. The smallest absolute Gasteiger partial charge is 0.137 e. The minimum Gasteiger partial charge on any atom is -0.491 e. The van der Waals surface area contributed by atoms with Gasteiger partial charge in [0, 0.05) is 41.6 Å². The molecule has 0 unspecified atom stereocenters. The number of rotatable bonds is 5. The fourth-order valence-electron chi connectivity index (χ4n) is 3.08. The van der Waals surface area contributed by atoms with E-state index in [0.29, 0.717) is 6.54 Å². The van der Waals surface area contributed by atoms with Crippen molar-refractivity contribution in [2.45, 2.75) is 26.5 Å². The average Bonchev–Trinajstić information content (AvgIpc) is 3.30. The first kappa shape index (κ1) is 16.4. The molecular formula is C20H21N5O. The summed E-state index contributed by atoms with van der Waals surface area (Å²) in [6.07, 6.45) is 5.65. The van der Waals surface area contributed by atoms with E-state index in [1.165, 1.54) is 0 Å². The van der Waals surface area contributed by atoms with E-state index in [0.717, 1.165) is 44.7 Å². The minimum absolute atomic E-state index is 0.104. The first-order valence-electron chi connectivity index (χ1n) is 8.62. The molecule has 0 aliphatic rings. The lowest BCUT2D eigenvalue weighted by atomic mass is 10.0. The Morgan fingerprint density at radius 2 is 2.04 bits per heavy atom. The molecule has 26 heavy (non-hydrogen) atoms. The number of nitrogens with zero attached hydrogens (tertiary/aromatic N) is 2. The van der Waals surface area contributed by atoms with Gasteiger partial charge in [-0.15, -0.1) is 0 Å². The second-order valence-electron chi connectivity index (χ2n) is 6.53. The van der Waals surface area contributed by atoms with Crippen LogP contribution in [0.5, 0.6) is 5.75 Å². The van der Waals surface area contributed by atoms with Gasteiger partial charge in [-0.1, -0.05) is 0 Å². The van der Waals surface area contributed by atoms with Crippen molar-refractivity contribution in [2.24, 2.45) is 5.73 Å². The highest BCUT2D eigenvalue weighted by Gasteiger charge is 2.12. The summed E-state index contributed by atoms with van der Waals surface area (Å²) in [7, 11) is 0. The first-order valence-corrected chi connectivity index (χ1v) is 8.62. The second-order valence-corrected chi connectivity index (χ2v) is 6.53. The van der Waals surface area contributed by atoms with Crippen molar-refractivity contribution < 1.29 is 4.74 Å². The lowest BCUT2D eigenvalue weighted by molar-refractivity contribution is 0.242. The van der Waals surface area contributed by atoms with E-state index in [1.807, 2.05) is 44.4 Å². The van der Waals surface area contributed by atoms with Gasteiger partial charge in [-0.3, -0.25) is 5.10 Å². The SMILES string of the molecule is CC(C)Oc1cc(CN)cc(-c2c[nH]c3ncc(-c4ccn[nH]4)cc23)c1. The van der Waals surface area contributed by atoms with Gasteiger partial charge in [0.25, 0.3) is 0 Å². The highest BCUT2D eigenvalue weighted by molar-refractivity contribution is 5.95. The summed E-state index contributed by atoms with van der Waals surface area (Å²) in [4.78, 5) is 7.79. The first-order chi connectivity index (χ1) is 12.6. The van der Waals surface area contributed by atoms with Gasteiger partial charge in [0.15, 0.2) is 0 Å². The van der Waals surface area contributed by atoms with E-state index < -0.39 is 0 Å². The van der Waals surface area contributed by atoms with Crippen LogP contribution in [0.15, 0.2) is 48.9 Å². The number of H-pyrrole nitrogens is 2. The maximum atomic E-state index is 5.90. The summed E-state index contributed by atoms with van der Waals surface area (Å²) in [6, 6.07) is 10.2. The van der Waals surface area contributed by atoms with Gasteiger partial charge in [-0.05, 0) is 55.3 Å². The Kier molecular flexibility index (Phi) is 4.18. The van der Waals surface area contributed by atoms with Gasteiger partial charge in [-0.2, -0.15) is 5.10 Å². The Morgan fingerprint density at radius 1 is 1.15 bits per heavy atom. The molecule has 132 valence electrons. The van der Waals surface area contributed by atoms with E-state index in [2.05, 4.69) is 32.3 Å². The van der Waals surface area contributed by atoms with Crippen LogP contribution in [0.3, 0.4) is 0 Å². The standard InChI is InChI=1S/C20H21N5O/c1-12(2)26-16-6-13(9-21)5-14(7-16)18-11-23-20-17(18)8-15(10-22-20)19-3-4-24-25-19/h3-8,10-12H,9,21H2,1-2H3,(H,22,23)(H,24,25). The Balaban J connectivity index is 1.84. The van der Waals surface area contributed by atoms with Gasteiger partial charge in [-0.25, -0.2) is 4.98 Å². The quantitative estimate of drug-likeness (QED) is 0.511. The molecule has 4 aromatic rings. The van der Waals surface area contributed by atoms with Gasteiger partial charge in [0.05, 0.1) is 11.8 Å². The molecule has 0 bridgehead atoms. The third-order valence-corrected chi connectivity index (χ3v) is 4.23. The topological polar surface area (TPSA) is 92.6 Å². The number of hydrogen-bond donors (Lipinski definition) is 3. The van der Waals surface area contributed by atoms with Gasteiger partial charge >= 0.3 is 0 Å². The molecule has 0 amide bonds. The van der Waals surface area contributed by atoms with Gasteiger partial charge in [0.2, 0.25) is 0 Å². The van der Waals surface area contributed by atoms with Crippen molar-refractivity contribution in [3.63, 3.8) is 0 Å². The molecule has 0 radical (unpaired) electrons. The number of nitrogens with one attached hydrogen (secondary N) is 2. The number of hydrogen-bond acceptors (Lipinski definition) is 4. The van der Waals surface area contributed by atoms with E-state index in [4.69, 9.17) is 10.5 Å². The van der Waals surface area contributed by atoms with Crippen LogP contribution in [0.2, 0.25) is 0 Å². The second kappa shape index (κ2) is 6.65. The Hall–Kier alpha value is -3.12. The number of ether oxygens (including phenoxy) is 1. The molecule has 0 saturated heterocycles. The van der Waals surface area contributed by atoms with Crippen molar-refractivity contribution >= 4 is 11.0 Å². The zero-order valence-electron chi connectivity index (χ0n) is 14.8. The molecule has 6 nitrogen and oxygen atoms in total. The zero-order valence-corrected chi connectivity index (χ0v) is 14.8. The van der Waals surface area contributed by atoms with Crippen molar-refractivity contribution in [2.75, 3.05) is 0 Å². The molecule has 3 aromatic heterocycles. The molecule has 6 heteroatoms. The molecule has 3 heterocycles. The lowest BCUT2D eigenvalue weighted by Gasteiger charge is -2.13. The molecule has 1 aromatic carbocycles. The van der Waals surface area contributed by atoms with E-state index >= 15 is 0 Å². The Bertz CT molecular complexity index is 1030. The molecular weight excluding hydrogens is 326 g/mol. The van der Waals surface area contributed by atoms with Crippen LogP contribution in [-0.2, 0) is 6.54 Å². The maximum Gasteiger partial charge on any atom is 0.137 e. The van der Waals surface area contributed by atoms with Crippen LogP contribution >= 0.6 is 0 Å². The van der Waals surface area contributed by atoms with Crippen LogP contribution in [0.25, 0.3) is 33.4 Å². The van der Waals surface area contributed by atoms with Crippen LogP contribution < -0.4 is 10.5 Å². The van der Waals surface area contributed by atoms with Crippen LogP contribution in [-0.4, -0.2) is 26.3 Å². The number of nitrogens with two attached hydrogens (primary N) is 1. The van der Waals surface area contributed by atoms with Crippen molar-refractivity contribution in [1.82, 2.24) is 20.2 Å². The van der Waals surface area contributed by atoms with Gasteiger partial charge in [0.1, 0.15) is 11.4 Å². The number of aromatic amines is 2. The summed E-state index contributed by atoms with van der Waals surface area (Å²) in [5.74, 6) is 0.824. The molecule has 0 saturated carbocycles. The molecule has 0 fully saturated rings. The molecule has 0 spiro atoms. The minimum atomic E-state index is 0.104. The van der Waals surface area contributed by atoms with Crippen LogP contribution in [0.4, 0.5) is 0 Å². The molecule has 0 aliphatic carbocycles. The fourth-order valence-corrected chi connectivity index (χ4v) is 3.08. The largest absolute Gasteiger partial charge is 0.491 e. The van der Waals surface area contributed by atoms with Crippen molar-refractivity contribution in [3.8, 4) is 28.1 Å².